The number of halogens is 1. The van der Waals surface area contributed by atoms with Crippen LogP contribution in [0.1, 0.15) is 56.7 Å². The van der Waals surface area contributed by atoms with Crippen LogP contribution in [0.25, 0.3) is 17.3 Å². The van der Waals surface area contributed by atoms with E-state index >= 15 is 0 Å². The number of amides is 1. The number of thiazole rings is 1. The lowest BCUT2D eigenvalue weighted by Crippen LogP contribution is -2.35. The van der Waals surface area contributed by atoms with Gasteiger partial charge in [-0.1, -0.05) is 75.2 Å². The highest BCUT2D eigenvalue weighted by Gasteiger charge is 2.26. The second kappa shape index (κ2) is 13.4. The summed E-state index contributed by atoms with van der Waals surface area (Å²) in [5, 5.41) is 13.4. The molecule has 1 amide bonds. The number of aryl methyl sites for hydroxylation is 1. The van der Waals surface area contributed by atoms with Crippen LogP contribution in [0.2, 0.25) is 5.02 Å². The highest BCUT2D eigenvalue weighted by molar-refractivity contribution is 7.89. The van der Waals surface area contributed by atoms with Crippen LogP contribution in [0.5, 0.6) is 0 Å². The second-order valence-corrected chi connectivity index (χ2v) is 15.7. The maximum atomic E-state index is 13.9. The number of anilines is 1. The minimum absolute atomic E-state index is 0.0344. The molecule has 0 saturated carbocycles. The van der Waals surface area contributed by atoms with Crippen molar-refractivity contribution in [3.05, 3.63) is 108 Å². The molecule has 2 heterocycles. The van der Waals surface area contributed by atoms with E-state index in [9.17, 15) is 23.3 Å². The Morgan fingerprint density at radius 3 is 2.35 bits per heavy atom. The largest absolute Gasteiger partial charge is 0.321 e. The highest BCUT2D eigenvalue weighted by Crippen LogP contribution is 2.24. The first-order chi connectivity index (χ1) is 21.8. The number of hydrogen-bond acceptors (Lipinski definition) is 6. The summed E-state index contributed by atoms with van der Waals surface area (Å²) in [5.41, 5.74) is 2.63. The van der Waals surface area contributed by atoms with Crippen molar-refractivity contribution in [2.24, 2.45) is 0 Å². The fourth-order valence-electron chi connectivity index (χ4n) is 5.21. The molecule has 11 heteroatoms. The van der Waals surface area contributed by atoms with Crippen molar-refractivity contribution in [3.63, 3.8) is 0 Å². The minimum Gasteiger partial charge on any atom is -0.321 e. The zero-order valence-electron chi connectivity index (χ0n) is 26.1. The van der Waals surface area contributed by atoms with E-state index in [4.69, 9.17) is 11.6 Å². The van der Waals surface area contributed by atoms with E-state index in [1.165, 1.54) is 21.0 Å². The first-order valence-electron chi connectivity index (χ1n) is 15.0. The Labute approximate surface area is 277 Å². The molecule has 3 aromatic carbocycles. The number of nitrogens with zero attached hydrogens (tertiary/aromatic N) is 3. The molecule has 1 aliphatic rings. The summed E-state index contributed by atoms with van der Waals surface area (Å²) in [4.78, 5) is 27.6. The Bertz CT molecular complexity index is 2130. The summed E-state index contributed by atoms with van der Waals surface area (Å²) in [5.74, 6) is -0.774. The smallest absolute Gasteiger partial charge is 0.273 e. The molecule has 0 atom stereocenters. The van der Waals surface area contributed by atoms with Gasteiger partial charge in [-0.3, -0.25) is 14.2 Å². The molecule has 1 aromatic heterocycles. The van der Waals surface area contributed by atoms with Gasteiger partial charge in [-0.25, -0.2) is 8.42 Å². The molecule has 1 fully saturated rings. The molecule has 1 saturated heterocycles. The number of nitrogens with one attached hydrogen (secondary N) is 1. The van der Waals surface area contributed by atoms with Crippen LogP contribution in [0.3, 0.4) is 0 Å². The van der Waals surface area contributed by atoms with Gasteiger partial charge in [0.05, 0.1) is 15.1 Å². The Hall–Kier alpha value is -4.01. The Balaban J connectivity index is 1.61. The molecule has 0 unspecified atom stereocenters. The lowest BCUT2D eigenvalue weighted by Gasteiger charge is -2.26. The molecule has 8 nitrogen and oxygen atoms in total. The third kappa shape index (κ3) is 7.03. The Kier molecular flexibility index (Phi) is 9.70. The average Bonchev–Trinajstić information content (AvgIpc) is 3.34. The lowest BCUT2D eigenvalue weighted by molar-refractivity contribution is -0.111. The fourth-order valence-corrected chi connectivity index (χ4v) is 8.05. The topological polar surface area (TPSA) is 112 Å². The van der Waals surface area contributed by atoms with Crippen LogP contribution in [0.15, 0.2) is 76.4 Å². The third-order valence-corrected chi connectivity index (χ3v) is 11.3. The van der Waals surface area contributed by atoms with Crippen LogP contribution in [-0.4, -0.2) is 36.3 Å². The van der Waals surface area contributed by atoms with E-state index < -0.39 is 21.5 Å². The van der Waals surface area contributed by atoms with Crippen molar-refractivity contribution in [3.8, 4) is 11.8 Å². The molecule has 0 bridgehead atoms. The maximum Gasteiger partial charge on any atom is 0.273 e. The molecule has 0 aliphatic carbocycles. The third-order valence-electron chi connectivity index (χ3n) is 7.91. The number of hydrogen-bond donors (Lipinski definition) is 1. The summed E-state index contributed by atoms with van der Waals surface area (Å²) < 4.78 is 29.7. The quantitative estimate of drug-likeness (QED) is 0.291. The van der Waals surface area contributed by atoms with Gasteiger partial charge in [0.2, 0.25) is 10.0 Å². The predicted octanol–water partition coefficient (Wildman–Crippen LogP) is 5.47. The molecule has 0 radical (unpaired) electrons. The number of carbonyl (C=O) groups excluding carboxylic acids is 1. The van der Waals surface area contributed by atoms with Gasteiger partial charge in [0, 0.05) is 23.8 Å². The van der Waals surface area contributed by atoms with E-state index in [-0.39, 0.29) is 26.2 Å². The molecular formula is C35H35ClN4O4S2. The van der Waals surface area contributed by atoms with Crippen molar-refractivity contribution < 1.29 is 13.2 Å². The summed E-state index contributed by atoms with van der Waals surface area (Å²) in [6.07, 6.45) is 4.32. The SMILES string of the molecule is Cc1ccc(-n2c(=O)/c(=C/c3ccc(C(C)(C)C)cc3)s/c2=C(/C#N)C(=O)Nc2cccc(S(=O)(=O)N3CCCCC3)c2)cc1Cl. The van der Waals surface area contributed by atoms with Gasteiger partial charge in [0.25, 0.3) is 11.5 Å². The van der Waals surface area contributed by atoms with E-state index in [1.807, 2.05) is 37.3 Å². The van der Waals surface area contributed by atoms with Crippen LogP contribution in [0, 0.1) is 18.3 Å². The van der Waals surface area contributed by atoms with Crippen LogP contribution < -0.4 is 20.1 Å². The van der Waals surface area contributed by atoms with Crippen molar-refractivity contribution in [1.82, 2.24) is 8.87 Å². The summed E-state index contributed by atoms with van der Waals surface area (Å²) >= 11 is 7.45. The molecular weight excluding hydrogens is 640 g/mol. The molecule has 1 aliphatic heterocycles. The second-order valence-electron chi connectivity index (χ2n) is 12.3. The maximum absolute atomic E-state index is 13.9. The van der Waals surface area contributed by atoms with Gasteiger partial charge >= 0.3 is 0 Å². The summed E-state index contributed by atoms with van der Waals surface area (Å²) in [6.45, 7) is 9.10. The number of aromatic nitrogens is 1. The first kappa shape index (κ1) is 33.4. The monoisotopic (exact) mass is 674 g/mol. The van der Waals surface area contributed by atoms with Gasteiger partial charge in [-0.2, -0.15) is 9.57 Å². The minimum atomic E-state index is -3.74. The number of rotatable bonds is 6. The highest BCUT2D eigenvalue weighted by atomic mass is 35.5. The molecule has 4 aromatic rings. The number of nitriles is 1. The molecule has 46 heavy (non-hydrogen) atoms. The van der Waals surface area contributed by atoms with Crippen molar-refractivity contribution >= 4 is 56.2 Å². The standard InChI is InChI=1S/C35H35ClN4O4S2/c1-23-11-16-27(21-30(23)36)40-33(42)31(19-24-12-14-25(15-13-24)35(2,3)4)45-34(40)29(22-37)32(41)38-26-9-8-10-28(20-26)46(43,44)39-17-6-5-7-18-39/h8-16,19-21H,5-7,17-18H2,1-4H3,(H,38,41)/b31-19-,34-29-. The number of benzene rings is 3. The van der Waals surface area contributed by atoms with Crippen LogP contribution in [0.4, 0.5) is 5.69 Å². The molecule has 5 rings (SSSR count). The van der Waals surface area contributed by atoms with Crippen molar-refractivity contribution in [2.45, 2.75) is 57.3 Å². The first-order valence-corrected chi connectivity index (χ1v) is 17.6. The normalized spacial score (nSPS) is 15.3. The fraction of sp³-hybridized carbons (Fsp3) is 0.286. The predicted molar refractivity (Wildman–Crippen MR) is 184 cm³/mol. The van der Waals surface area contributed by atoms with Gasteiger partial charge in [-0.15, -0.1) is 11.3 Å². The number of piperidine rings is 1. The molecule has 1 N–H and O–H groups in total. The summed E-state index contributed by atoms with van der Waals surface area (Å²) in [6, 6.07) is 20.9. The number of sulfonamides is 1. The van der Waals surface area contributed by atoms with Crippen molar-refractivity contribution in [2.75, 3.05) is 18.4 Å². The van der Waals surface area contributed by atoms with Gasteiger partial charge < -0.3 is 5.32 Å². The molecule has 0 spiro atoms. The van der Waals surface area contributed by atoms with E-state index in [0.717, 1.165) is 47.3 Å². The van der Waals surface area contributed by atoms with Gasteiger partial charge in [0.15, 0.2) is 5.57 Å². The number of carbonyl (C=O) groups is 1. The van der Waals surface area contributed by atoms with Gasteiger partial charge in [-0.05, 0) is 78.3 Å². The Morgan fingerprint density at radius 2 is 1.72 bits per heavy atom. The van der Waals surface area contributed by atoms with Crippen LogP contribution in [-0.2, 0) is 20.2 Å². The van der Waals surface area contributed by atoms with Gasteiger partial charge in [0.1, 0.15) is 10.7 Å². The lowest BCUT2D eigenvalue weighted by atomic mass is 9.87. The van der Waals surface area contributed by atoms with E-state index in [2.05, 4.69) is 26.1 Å². The van der Waals surface area contributed by atoms with Crippen LogP contribution >= 0.6 is 22.9 Å². The average molecular weight is 675 g/mol. The van der Waals surface area contributed by atoms with Crippen molar-refractivity contribution in [1.29, 1.82) is 5.26 Å². The molecule has 238 valence electrons. The van der Waals surface area contributed by atoms with E-state index in [0.29, 0.717) is 28.3 Å². The zero-order valence-corrected chi connectivity index (χ0v) is 28.5. The summed E-state index contributed by atoms with van der Waals surface area (Å²) in [7, 11) is -3.74. The Morgan fingerprint density at radius 1 is 1.02 bits per heavy atom. The van der Waals surface area contributed by atoms with E-state index in [1.54, 1.807) is 36.4 Å². The zero-order chi connectivity index (χ0) is 33.2.